The van der Waals surface area contributed by atoms with E-state index >= 15 is 0 Å². The van der Waals surface area contributed by atoms with E-state index in [-0.39, 0.29) is 0 Å². The van der Waals surface area contributed by atoms with E-state index in [1.54, 1.807) is 18.2 Å². The molecule has 0 fully saturated rings. The molecule has 1 atom stereocenters. The van der Waals surface area contributed by atoms with Crippen LogP contribution >= 0.6 is 39.3 Å². The summed E-state index contributed by atoms with van der Waals surface area (Å²) in [6.45, 7) is 7.27. The molecule has 0 aliphatic heterocycles. The third-order valence-corrected chi connectivity index (χ3v) is 3.71. The van der Waals surface area contributed by atoms with Crippen LogP contribution in [-0.4, -0.2) is 17.0 Å². The van der Waals surface area contributed by atoms with Gasteiger partial charge < -0.3 is 5.11 Å². The van der Waals surface area contributed by atoms with Crippen molar-refractivity contribution < 1.29 is 9.90 Å². The molecule has 0 aromatic heterocycles. The minimum Gasteiger partial charge on any atom is -0.380 e. The fourth-order valence-corrected chi connectivity index (χ4v) is 2.68. The molecule has 0 saturated carbocycles. The van der Waals surface area contributed by atoms with Crippen LogP contribution in [0.25, 0.3) is 0 Å². The molecule has 18 heavy (non-hydrogen) atoms. The van der Waals surface area contributed by atoms with Crippen LogP contribution < -0.4 is 0 Å². The zero-order valence-electron chi connectivity index (χ0n) is 9.53. The summed E-state index contributed by atoms with van der Waals surface area (Å²) in [4.78, 5) is 12.4. The first-order chi connectivity index (χ1) is 8.43. The number of Topliss-reactive ketones (excluding diaryl/α,β-unsaturated/α-hetero) is 1. The topological polar surface area (TPSA) is 37.3 Å². The number of hydrogen-bond acceptors (Lipinski definition) is 3. The Balaban J connectivity index is 2.87. The van der Waals surface area contributed by atoms with Gasteiger partial charge in [-0.3, -0.25) is 4.79 Å². The first-order valence-corrected chi connectivity index (χ1v) is 7.07. The molecule has 0 amide bonds. The predicted molar refractivity (Wildman–Crippen MR) is 81.6 cm³/mol. The molecule has 0 heterocycles. The molecule has 5 heteroatoms. The number of thioether (sulfide) groups is 1. The Morgan fingerprint density at radius 3 is 2.78 bits per heavy atom. The summed E-state index contributed by atoms with van der Waals surface area (Å²) in [5, 5.41) is 10.3. The van der Waals surface area contributed by atoms with Crippen molar-refractivity contribution in [3.63, 3.8) is 0 Å². The molecule has 96 valence electrons. The summed E-state index contributed by atoms with van der Waals surface area (Å²) >= 11 is 10.3. The maximum atomic E-state index is 12.1. The number of aliphatic hydroxyl groups is 1. The first kappa shape index (κ1) is 15.5. The Morgan fingerprint density at radius 1 is 1.50 bits per heavy atom. The zero-order valence-corrected chi connectivity index (χ0v) is 12.7. The van der Waals surface area contributed by atoms with E-state index in [0.717, 1.165) is 11.8 Å². The van der Waals surface area contributed by atoms with Crippen LogP contribution in [0.1, 0.15) is 6.42 Å². The molecule has 0 aromatic carbocycles. The van der Waals surface area contributed by atoms with Crippen LogP contribution in [0.4, 0.5) is 0 Å². The highest BCUT2D eigenvalue weighted by Crippen LogP contribution is 2.31. The van der Waals surface area contributed by atoms with Gasteiger partial charge in [-0.15, -0.1) is 0 Å². The van der Waals surface area contributed by atoms with Crippen LogP contribution in [-0.2, 0) is 4.79 Å². The second kappa shape index (κ2) is 7.14. The Labute approximate surface area is 124 Å². The maximum Gasteiger partial charge on any atom is 0.197 e. The summed E-state index contributed by atoms with van der Waals surface area (Å²) in [5.74, 6) is -0.453. The third kappa shape index (κ3) is 4.28. The fraction of sp³-hybridized carbons (Fsp3) is 0.154. The molecule has 0 saturated heterocycles. The molecule has 0 aromatic rings. The van der Waals surface area contributed by atoms with Crippen molar-refractivity contribution in [3.05, 3.63) is 56.8 Å². The highest BCUT2D eigenvalue weighted by molar-refractivity contribution is 9.14. The Bertz CT molecular complexity index is 477. The molecule has 0 bridgehead atoms. The van der Waals surface area contributed by atoms with E-state index in [2.05, 4.69) is 29.1 Å². The van der Waals surface area contributed by atoms with Crippen LogP contribution in [0.5, 0.6) is 0 Å². The molecular formula is C13H12BrClO2S. The molecule has 1 rings (SSSR count). The first-order valence-electron chi connectivity index (χ1n) is 5.08. The average Bonchev–Trinajstić information content (AvgIpc) is 2.51. The number of allylic oxidation sites excluding steroid dienone is 5. The van der Waals surface area contributed by atoms with Crippen molar-refractivity contribution in [2.75, 3.05) is 0 Å². The fourth-order valence-electron chi connectivity index (χ4n) is 1.31. The zero-order chi connectivity index (χ0) is 13.7. The van der Waals surface area contributed by atoms with E-state index in [1.807, 2.05) is 6.08 Å². The largest absolute Gasteiger partial charge is 0.380 e. The monoisotopic (exact) mass is 346 g/mol. The van der Waals surface area contributed by atoms with Gasteiger partial charge in [0.05, 0.1) is 0 Å². The van der Waals surface area contributed by atoms with Crippen molar-refractivity contribution in [2.24, 2.45) is 0 Å². The van der Waals surface area contributed by atoms with Crippen molar-refractivity contribution in [1.82, 2.24) is 0 Å². The highest BCUT2D eigenvalue weighted by Gasteiger charge is 2.23. The second-order valence-electron chi connectivity index (χ2n) is 3.50. The van der Waals surface area contributed by atoms with Crippen molar-refractivity contribution >= 4 is 45.1 Å². The molecule has 0 radical (unpaired) electrons. The average molecular weight is 348 g/mol. The summed E-state index contributed by atoms with van der Waals surface area (Å²) in [6.07, 6.45) is 6.14. The van der Waals surface area contributed by atoms with E-state index < -0.39 is 11.9 Å². The normalized spacial score (nSPS) is 16.4. The number of halogens is 2. The predicted octanol–water partition coefficient (Wildman–Crippen LogP) is 4.04. The summed E-state index contributed by atoms with van der Waals surface area (Å²) < 4.78 is 0.581. The van der Waals surface area contributed by atoms with Crippen LogP contribution in [0.3, 0.4) is 0 Å². The molecule has 1 N–H and O–H groups in total. The smallest absolute Gasteiger partial charge is 0.197 e. The minimum absolute atomic E-state index is 0.310. The molecule has 2 nitrogen and oxygen atoms in total. The standard InChI is InChI=1S/C13H12BrClO2S/c1-8(18-9(2)14)12(16)13(17)10-6-4-3-5-7-11(10)15/h3-6,12,16H,1-2,7H2. The lowest BCUT2D eigenvalue weighted by molar-refractivity contribution is -0.121. The molecule has 1 aliphatic carbocycles. The third-order valence-electron chi connectivity index (χ3n) is 2.16. The van der Waals surface area contributed by atoms with Crippen molar-refractivity contribution in [3.8, 4) is 0 Å². The summed E-state index contributed by atoms with van der Waals surface area (Å²) in [5.41, 5.74) is 0.316. The van der Waals surface area contributed by atoms with Gasteiger partial charge in [-0.2, -0.15) is 0 Å². The Kier molecular flexibility index (Phi) is 6.15. The Hall–Kier alpha value is -0.550. The van der Waals surface area contributed by atoms with Gasteiger partial charge in [-0.05, 0) is 15.9 Å². The quantitative estimate of drug-likeness (QED) is 0.815. The van der Waals surface area contributed by atoms with E-state index in [9.17, 15) is 9.90 Å². The van der Waals surface area contributed by atoms with Gasteiger partial charge >= 0.3 is 0 Å². The number of hydrogen-bond donors (Lipinski definition) is 1. The lowest BCUT2D eigenvalue weighted by Crippen LogP contribution is -2.22. The molecule has 1 unspecified atom stereocenters. The number of rotatable bonds is 5. The van der Waals surface area contributed by atoms with Crippen molar-refractivity contribution in [2.45, 2.75) is 12.5 Å². The number of aliphatic hydroxyl groups excluding tert-OH is 1. The van der Waals surface area contributed by atoms with Gasteiger partial charge in [-0.25, -0.2) is 0 Å². The van der Waals surface area contributed by atoms with Crippen LogP contribution in [0.15, 0.2) is 56.8 Å². The SMILES string of the molecule is C=C(Br)SC(=C)C(O)C(=O)C1=C(Cl)CC=CC=C1. The van der Waals surface area contributed by atoms with Gasteiger partial charge in [0, 0.05) is 25.7 Å². The number of carbonyl (C=O) groups excluding carboxylic acids is 1. The molecule has 1 aliphatic rings. The molecular weight excluding hydrogens is 336 g/mol. The van der Waals surface area contributed by atoms with Crippen molar-refractivity contribution in [1.29, 1.82) is 0 Å². The van der Waals surface area contributed by atoms with Gasteiger partial charge in [0.25, 0.3) is 0 Å². The minimum atomic E-state index is -1.30. The van der Waals surface area contributed by atoms with Gasteiger partial charge in [0.1, 0.15) is 6.10 Å². The van der Waals surface area contributed by atoms with E-state index in [4.69, 9.17) is 11.6 Å². The van der Waals surface area contributed by atoms with Crippen LogP contribution in [0.2, 0.25) is 0 Å². The van der Waals surface area contributed by atoms with Gasteiger partial charge in [-0.1, -0.05) is 60.8 Å². The lowest BCUT2D eigenvalue weighted by atomic mass is 10.1. The van der Waals surface area contributed by atoms with Gasteiger partial charge in [0.15, 0.2) is 5.78 Å². The lowest BCUT2D eigenvalue weighted by Gasteiger charge is -2.13. The van der Waals surface area contributed by atoms with Gasteiger partial charge in [0.2, 0.25) is 0 Å². The number of carbonyl (C=O) groups is 1. The summed E-state index contributed by atoms with van der Waals surface area (Å²) in [6, 6.07) is 0. The summed E-state index contributed by atoms with van der Waals surface area (Å²) in [7, 11) is 0. The highest BCUT2D eigenvalue weighted by atomic mass is 79.9. The maximum absolute atomic E-state index is 12.1. The van der Waals surface area contributed by atoms with E-state index in [1.165, 1.54) is 0 Å². The second-order valence-corrected chi connectivity index (χ2v) is 6.66. The Morgan fingerprint density at radius 2 is 2.17 bits per heavy atom. The van der Waals surface area contributed by atoms with E-state index in [0.29, 0.717) is 25.7 Å². The molecule has 0 spiro atoms. The number of ketones is 1. The van der Waals surface area contributed by atoms with Crippen LogP contribution in [0, 0.1) is 0 Å².